The maximum absolute atomic E-state index is 10.9. The quantitative estimate of drug-likeness (QED) is 0.393. The van der Waals surface area contributed by atoms with Gasteiger partial charge in [0.05, 0.1) is 22.3 Å². The van der Waals surface area contributed by atoms with Crippen LogP contribution in [0.5, 0.6) is 0 Å². The highest BCUT2D eigenvalue weighted by Gasteiger charge is 2.13. The first-order valence-electron chi connectivity index (χ1n) is 7.32. The third-order valence-electron chi connectivity index (χ3n) is 3.65. The van der Waals surface area contributed by atoms with Gasteiger partial charge in [0.1, 0.15) is 0 Å². The van der Waals surface area contributed by atoms with Gasteiger partial charge in [-0.3, -0.25) is 10.1 Å². The van der Waals surface area contributed by atoms with Crippen LogP contribution < -0.4 is 0 Å². The molecule has 0 bridgehead atoms. The van der Waals surface area contributed by atoms with E-state index in [1.807, 2.05) is 24.1 Å². The van der Waals surface area contributed by atoms with Crippen molar-refractivity contribution in [1.29, 1.82) is 0 Å². The summed E-state index contributed by atoms with van der Waals surface area (Å²) in [4.78, 5) is 19.3. The second-order valence-electron chi connectivity index (χ2n) is 5.25. The first kappa shape index (κ1) is 15.5. The van der Waals surface area contributed by atoms with Crippen LogP contribution in [0.1, 0.15) is 19.0 Å². The second kappa shape index (κ2) is 6.41. The molecule has 0 spiro atoms. The zero-order valence-electron chi connectivity index (χ0n) is 13.0. The topological polar surface area (TPSA) is 78.8 Å². The molecule has 0 unspecified atom stereocenters. The Labute approximate surface area is 137 Å². The molecule has 3 aromatic rings. The highest BCUT2D eigenvalue weighted by molar-refractivity contribution is 7.98. The van der Waals surface area contributed by atoms with E-state index in [4.69, 9.17) is 0 Å². The van der Waals surface area contributed by atoms with Crippen LogP contribution in [-0.4, -0.2) is 24.0 Å². The number of hydrogen-bond donors (Lipinski definition) is 0. The van der Waals surface area contributed by atoms with Gasteiger partial charge in [0.15, 0.2) is 5.16 Å². The van der Waals surface area contributed by atoms with E-state index in [0.717, 1.165) is 40.6 Å². The van der Waals surface area contributed by atoms with Crippen molar-refractivity contribution in [2.24, 2.45) is 7.05 Å². The van der Waals surface area contributed by atoms with E-state index in [2.05, 4.69) is 21.5 Å². The van der Waals surface area contributed by atoms with Crippen LogP contribution in [0.25, 0.3) is 11.0 Å². The predicted molar refractivity (Wildman–Crippen MR) is 89.4 cm³/mol. The van der Waals surface area contributed by atoms with Gasteiger partial charge in [-0.15, -0.1) is 0 Å². The summed E-state index contributed by atoms with van der Waals surface area (Å²) in [6.45, 7) is 3.08. The molecule has 0 aliphatic carbocycles. The lowest BCUT2D eigenvalue weighted by Crippen LogP contribution is -2.00. The van der Waals surface area contributed by atoms with E-state index >= 15 is 0 Å². The van der Waals surface area contributed by atoms with Crippen molar-refractivity contribution >= 4 is 28.5 Å². The summed E-state index contributed by atoms with van der Waals surface area (Å²) in [5.74, 6) is 0.763. The Morgan fingerprint density at radius 3 is 2.96 bits per heavy atom. The van der Waals surface area contributed by atoms with Crippen molar-refractivity contribution in [3.05, 3.63) is 46.5 Å². The number of benzene rings is 1. The SMILES string of the molecule is CCCn1cncc1CSc1nc2ccc([N+](=O)[O-])cc2n1C. The monoisotopic (exact) mass is 331 g/mol. The molecule has 0 atom stereocenters. The van der Waals surface area contributed by atoms with E-state index in [0.29, 0.717) is 0 Å². The number of aryl methyl sites for hydroxylation is 2. The smallest absolute Gasteiger partial charge is 0.271 e. The molecule has 0 fully saturated rings. The molecule has 0 aliphatic rings. The summed E-state index contributed by atoms with van der Waals surface area (Å²) in [5, 5.41) is 11.7. The molecule has 3 rings (SSSR count). The molecule has 2 aromatic heterocycles. The van der Waals surface area contributed by atoms with Gasteiger partial charge in [-0.25, -0.2) is 9.97 Å². The number of nitro benzene ring substituents is 1. The van der Waals surface area contributed by atoms with Gasteiger partial charge in [0.2, 0.25) is 0 Å². The van der Waals surface area contributed by atoms with Gasteiger partial charge in [-0.2, -0.15) is 0 Å². The average molecular weight is 331 g/mol. The van der Waals surface area contributed by atoms with E-state index in [9.17, 15) is 10.1 Å². The summed E-state index contributed by atoms with van der Waals surface area (Å²) in [7, 11) is 1.88. The molecular formula is C15H17N5O2S. The van der Waals surface area contributed by atoms with E-state index in [1.54, 1.807) is 23.9 Å². The van der Waals surface area contributed by atoms with Gasteiger partial charge >= 0.3 is 0 Å². The van der Waals surface area contributed by atoms with Gasteiger partial charge in [-0.1, -0.05) is 18.7 Å². The lowest BCUT2D eigenvalue weighted by atomic mass is 10.3. The molecule has 0 N–H and O–H groups in total. The molecule has 1 aromatic carbocycles. The average Bonchev–Trinajstić information content (AvgIpc) is 3.10. The Kier molecular flexibility index (Phi) is 4.33. The van der Waals surface area contributed by atoms with E-state index in [1.165, 1.54) is 6.07 Å². The van der Waals surface area contributed by atoms with Crippen LogP contribution in [0.15, 0.2) is 35.9 Å². The third-order valence-corrected chi connectivity index (χ3v) is 4.71. The van der Waals surface area contributed by atoms with E-state index < -0.39 is 0 Å². The molecule has 0 saturated carbocycles. The zero-order valence-corrected chi connectivity index (χ0v) is 13.8. The molecule has 23 heavy (non-hydrogen) atoms. The van der Waals surface area contributed by atoms with Crippen molar-refractivity contribution in [2.45, 2.75) is 30.8 Å². The van der Waals surface area contributed by atoms with Crippen LogP contribution in [-0.2, 0) is 19.3 Å². The molecule has 2 heterocycles. The maximum atomic E-state index is 10.9. The van der Waals surface area contributed by atoms with Crippen molar-refractivity contribution in [2.75, 3.05) is 0 Å². The van der Waals surface area contributed by atoms with Crippen molar-refractivity contribution in [3.63, 3.8) is 0 Å². The number of non-ortho nitro benzene ring substituents is 1. The number of nitrogens with zero attached hydrogens (tertiary/aromatic N) is 5. The Morgan fingerprint density at radius 2 is 2.22 bits per heavy atom. The van der Waals surface area contributed by atoms with Crippen LogP contribution >= 0.6 is 11.8 Å². The Bertz CT molecular complexity index is 855. The number of thioether (sulfide) groups is 1. The lowest BCUT2D eigenvalue weighted by Gasteiger charge is -2.06. The van der Waals surface area contributed by atoms with Gasteiger partial charge in [0, 0.05) is 43.4 Å². The Morgan fingerprint density at radius 1 is 1.39 bits per heavy atom. The number of fused-ring (bicyclic) bond motifs is 1. The number of nitro groups is 1. The fraction of sp³-hybridized carbons (Fsp3) is 0.333. The van der Waals surface area contributed by atoms with Crippen molar-refractivity contribution in [1.82, 2.24) is 19.1 Å². The number of aromatic nitrogens is 4. The molecule has 0 radical (unpaired) electrons. The fourth-order valence-electron chi connectivity index (χ4n) is 2.45. The highest BCUT2D eigenvalue weighted by Crippen LogP contribution is 2.27. The number of rotatable bonds is 6. The Hall–Kier alpha value is -2.35. The Balaban J connectivity index is 1.84. The van der Waals surface area contributed by atoms with Gasteiger partial charge in [0.25, 0.3) is 5.69 Å². The molecule has 0 saturated heterocycles. The first-order valence-corrected chi connectivity index (χ1v) is 8.31. The summed E-state index contributed by atoms with van der Waals surface area (Å²) < 4.78 is 4.04. The molecule has 0 aliphatic heterocycles. The third kappa shape index (κ3) is 3.07. The van der Waals surface area contributed by atoms with Crippen LogP contribution in [0.2, 0.25) is 0 Å². The van der Waals surface area contributed by atoms with Gasteiger partial charge in [-0.05, 0) is 12.5 Å². The minimum Gasteiger partial charge on any atom is -0.334 e. The molecule has 0 amide bonds. The molecular weight excluding hydrogens is 314 g/mol. The number of hydrogen-bond acceptors (Lipinski definition) is 5. The molecule has 8 heteroatoms. The first-order chi connectivity index (χ1) is 11.1. The number of imidazole rings is 2. The molecule has 7 nitrogen and oxygen atoms in total. The fourth-order valence-corrected chi connectivity index (χ4v) is 3.42. The maximum Gasteiger partial charge on any atom is 0.271 e. The summed E-state index contributed by atoms with van der Waals surface area (Å²) in [6.07, 6.45) is 4.78. The predicted octanol–water partition coefficient (Wildman–Crippen LogP) is 3.38. The molecule has 120 valence electrons. The van der Waals surface area contributed by atoms with Crippen LogP contribution in [0.4, 0.5) is 5.69 Å². The minimum atomic E-state index is -0.386. The van der Waals surface area contributed by atoms with Gasteiger partial charge < -0.3 is 9.13 Å². The summed E-state index contributed by atoms with van der Waals surface area (Å²) in [5.41, 5.74) is 2.76. The summed E-state index contributed by atoms with van der Waals surface area (Å²) >= 11 is 1.61. The summed E-state index contributed by atoms with van der Waals surface area (Å²) in [6, 6.07) is 4.74. The van der Waals surface area contributed by atoms with Crippen molar-refractivity contribution < 1.29 is 4.92 Å². The van der Waals surface area contributed by atoms with Crippen molar-refractivity contribution in [3.8, 4) is 0 Å². The van der Waals surface area contributed by atoms with Crippen LogP contribution in [0.3, 0.4) is 0 Å². The largest absolute Gasteiger partial charge is 0.334 e. The standard InChI is InChI=1S/C15H17N5O2S/c1-3-6-19-10-16-8-12(19)9-23-15-17-13-5-4-11(20(21)22)7-14(13)18(15)2/h4-5,7-8,10H,3,6,9H2,1-2H3. The van der Waals surface area contributed by atoms with E-state index in [-0.39, 0.29) is 10.6 Å². The zero-order chi connectivity index (χ0) is 16.4. The van der Waals surface area contributed by atoms with Crippen LogP contribution in [0, 0.1) is 10.1 Å². The minimum absolute atomic E-state index is 0.0815. The normalized spacial score (nSPS) is 11.2. The second-order valence-corrected chi connectivity index (χ2v) is 6.19. The lowest BCUT2D eigenvalue weighted by molar-refractivity contribution is -0.384. The highest BCUT2D eigenvalue weighted by atomic mass is 32.2.